The number of rotatable bonds is 15. The van der Waals surface area contributed by atoms with Gasteiger partial charge in [-0.2, -0.15) is 26.3 Å². The van der Waals surface area contributed by atoms with Crippen LogP contribution in [0.5, 0.6) is 17.2 Å². The highest BCUT2D eigenvalue weighted by Gasteiger charge is 2.43. The molecule has 0 radical (unpaired) electrons. The maximum absolute atomic E-state index is 14.9. The number of hydrogen-bond acceptors (Lipinski definition) is 5. The molecule has 268 valence electrons. The summed E-state index contributed by atoms with van der Waals surface area (Å²) in [6, 6.07) is 2.64. The molecule has 1 aliphatic heterocycles. The van der Waals surface area contributed by atoms with Gasteiger partial charge < -0.3 is 23.7 Å². The summed E-state index contributed by atoms with van der Waals surface area (Å²) in [5.41, 5.74) is -3.18. The normalized spacial score (nSPS) is 16.7. The summed E-state index contributed by atoms with van der Waals surface area (Å²) in [5, 5.41) is 0. The van der Waals surface area contributed by atoms with Crippen LogP contribution in [-0.4, -0.2) is 19.5 Å². The fourth-order valence-electron chi connectivity index (χ4n) is 4.93. The first-order chi connectivity index (χ1) is 23.1. The van der Waals surface area contributed by atoms with Crippen molar-refractivity contribution in [1.82, 2.24) is 0 Å². The molecule has 1 saturated heterocycles. The molecule has 49 heavy (non-hydrogen) atoms. The predicted octanol–water partition coefficient (Wildman–Crippen LogP) is 10.3. The van der Waals surface area contributed by atoms with Crippen molar-refractivity contribution < 1.29 is 72.0 Å². The Morgan fingerprint density at radius 3 is 1.88 bits per heavy atom. The second-order valence-corrected chi connectivity index (χ2v) is 11.1. The molecule has 16 heteroatoms. The topological polar surface area (TPSA) is 46.2 Å². The van der Waals surface area contributed by atoms with Crippen molar-refractivity contribution in [2.75, 3.05) is 13.2 Å². The van der Waals surface area contributed by atoms with Crippen LogP contribution in [0.4, 0.5) is 48.3 Å². The molecule has 1 fully saturated rings. The highest BCUT2D eigenvalue weighted by molar-refractivity contribution is 5.38. The molecule has 0 bridgehead atoms. The van der Waals surface area contributed by atoms with Gasteiger partial charge in [-0.05, 0) is 30.5 Å². The molecule has 5 nitrogen and oxygen atoms in total. The molecule has 0 aliphatic carbocycles. The van der Waals surface area contributed by atoms with E-state index in [4.69, 9.17) is 9.47 Å². The monoisotopic (exact) mass is 714 g/mol. The molecule has 0 amide bonds. The molecule has 0 N–H and O–H groups in total. The van der Waals surface area contributed by atoms with E-state index in [1.807, 2.05) is 0 Å². The minimum absolute atomic E-state index is 0.0476. The van der Waals surface area contributed by atoms with Gasteiger partial charge in [-0.3, -0.25) is 0 Å². The van der Waals surface area contributed by atoms with E-state index in [0.29, 0.717) is 31.3 Å². The number of ether oxygens (including phenoxy) is 5. The van der Waals surface area contributed by atoms with E-state index in [0.717, 1.165) is 31.7 Å². The van der Waals surface area contributed by atoms with E-state index in [1.54, 1.807) is 0 Å². The fourth-order valence-corrected chi connectivity index (χ4v) is 4.93. The molecule has 1 aliphatic rings. The van der Waals surface area contributed by atoms with E-state index in [-0.39, 0.29) is 42.9 Å². The van der Waals surface area contributed by atoms with Gasteiger partial charge in [0.25, 0.3) is 0 Å². The Bertz CT molecular complexity index is 1570. The van der Waals surface area contributed by atoms with Gasteiger partial charge in [0.15, 0.2) is 29.9 Å². The Labute approximate surface area is 273 Å². The maximum atomic E-state index is 14.9. The minimum atomic E-state index is -5.01. The average molecular weight is 715 g/mol. The van der Waals surface area contributed by atoms with Gasteiger partial charge >= 0.3 is 18.3 Å². The lowest BCUT2D eigenvalue weighted by Crippen LogP contribution is -2.32. The van der Waals surface area contributed by atoms with Gasteiger partial charge in [0.05, 0.1) is 18.8 Å². The smallest absolute Gasteiger partial charge is 0.432 e. The van der Waals surface area contributed by atoms with Crippen LogP contribution in [0.25, 0.3) is 0 Å². The van der Waals surface area contributed by atoms with Gasteiger partial charge in [0, 0.05) is 36.6 Å². The molecule has 0 spiro atoms. The summed E-state index contributed by atoms with van der Waals surface area (Å²) in [6.07, 6.45) is -8.17. The lowest BCUT2D eigenvalue weighted by molar-refractivity contribution is -0.203. The fraction of sp³-hybridized carbons (Fsp3) is 0.394. The highest BCUT2D eigenvalue weighted by Crippen LogP contribution is 2.40. The Morgan fingerprint density at radius 1 is 0.755 bits per heavy atom. The van der Waals surface area contributed by atoms with Gasteiger partial charge in [0.1, 0.15) is 34.5 Å². The summed E-state index contributed by atoms with van der Waals surface area (Å²) in [4.78, 5) is 0. The van der Waals surface area contributed by atoms with Crippen LogP contribution in [0, 0.1) is 35.0 Å². The zero-order valence-electron chi connectivity index (χ0n) is 25.6. The number of aryl methyl sites for hydroxylation is 1. The highest BCUT2D eigenvalue weighted by atomic mass is 19.3. The number of benzene rings is 3. The average Bonchev–Trinajstić information content (AvgIpc) is 2.99. The first-order valence-electron chi connectivity index (χ1n) is 14.9. The van der Waals surface area contributed by atoms with Crippen LogP contribution in [0.2, 0.25) is 0 Å². The van der Waals surface area contributed by atoms with Crippen LogP contribution >= 0.6 is 0 Å². The van der Waals surface area contributed by atoms with Crippen molar-refractivity contribution in [1.29, 1.82) is 0 Å². The van der Waals surface area contributed by atoms with E-state index < -0.39 is 82.0 Å². The molecule has 3 aromatic carbocycles. The van der Waals surface area contributed by atoms with E-state index in [2.05, 4.69) is 21.1 Å². The first kappa shape index (κ1) is 37.8. The SMILES string of the molecule is CCCCCC1COC(CCc2ccc(C(F)(F)Oc3cc(F)c(C(F)(F)Oc4cc(F)c(OC=C(F)F)c(F)c4)c(F)c3)c(F)c2)OC1. The number of hydrogen-bond donors (Lipinski definition) is 0. The van der Waals surface area contributed by atoms with Crippen LogP contribution in [0.1, 0.15) is 55.7 Å². The van der Waals surface area contributed by atoms with E-state index in [1.165, 1.54) is 6.07 Å². The molecule has 3 aromatic rings. The van der Waals surface area contributed by atoms with Crippen molar-refractivity contribution >= 4 is 0 Å². The quantitative estimate of drug-likeness (QED) is 0.0891. The summed E-state index contributed by atoms with van der Waals surface area (Å²) >= 11 is 0. The summed E-state index contributed by atoms with van der Waals surface area (Å²) < 4.78 is 179. The van der Waals surface area contributed by atoms with Crippen molar-refractivity contribution in [3.63, 3.8) is 0 Å². The Kier molecular flexibility index (Phi) is 12.4. The number of alkyl halides is 4. The molecule has 1 heterocycles. The van der Waals surface area contributed by atoms with Crippen molar-refractivity contribution in [3.05, 3.63) is 101 Å². The van der Waals surface area contributed by atoms with Gasteiger partial charge in [-0.1, -0.05) is 32.3 Å². The zero-order valence-corrected chi connectivity index (χ0v) is 25.6. The summed E-state index contributed by atoms with van der Waals surface area (Å²) in [5.74, 6) is -13.2. The largest absolute Gasteiger partial charge is 0.453 e. The Morgan fingerprint density at radius 2 is 1.33 bits per heavy atom. The van der Waals surface area contributed by atoms with Gasteiger partial charge in [-0.15, -0.1) is 0 Å². The first-order valence-corrected chi connectivity index (χ1v) is 14.9. The van der Waals surface area contributed by atoms with Gasteiger partial charge in [-0.25, -0.2) is 22.0 Å². The van der Waals surface area contributed by atoms with Crippen LogP contribution in [0.15, 0.2) is 54.8 Å². The molecule has 4 rings (SSSR count). The molecule has 0 atom stereocenters. The third-order valence-electron chi connectivity index (χ3n) is 7.30. The standard InChI is InChI=1S/C33H29F11O5/c1-2-3-4-5-19-15-45-29(46-16-19)9-7-18-6-8-22(23(34)10-18)32(41,42)48-20-11-24(35)30(25(36)12-20)33(43,44)49-21-13-26(37)31(27(38)14-21)47-17-28(39)40/h6,8,10-14,17,19,29H,2-5,7,9,15-16H2,1H3. The lowest BCUT2D eigenvalue weighted by atomic mass is 10.0. The summed E-state index contributed by atoms with van der Waals surface area (Å²) in [7, 11) is 0. The van der Waals surface area contributed by atoms with E-state index >= 15 is 0 Å². The maximum Gasteiger partial charge on any atom is 0.432 e. The van der Waals surface area contributed by atoms with Gasteiger partial charge in [0.2, 0.25) is 0 Å². The minimum Gasteiger partial charge on any atom is -0.453 e. The lowest BCUT2D eigenvalue weighted by Gasteiger charge is -2.29. The zero-order chi connectivity index (χ0) is 35.9. The molecule has 0 unspecified atom stereocenters. The van der Waals surface area contributed by atoms with Crippen LogP contribution < -0.4 is 14.2 Å². The molecule has 0 aromatic heterocycles. The number of unbranched alkanes of at least 4 members (excludes halogenated alkanes) is 2. The Balaban J connectivity index is 1.40. The third-order valence-corrected chi connectivity index (χ3v) is 7.30. The molecule has 0 saturated carbocycles. The Hall–Kier alpha value is -4.05. The van der Waals surface area contributed by atoms with E-state index in [9.17, 15) is 48.3 Å². The van der Waals surface area contributed by atoms with Crippen LogP contribution in [-0.2, 0) is 28.1 Å². The third kappa shape index (κ3) is 10.00. The predicted molar refractivity (Wildman–Crippen MR) is 151 cm³/mol. The number of halogens is 11. The van der Waals surface area contributed by atoms with Crippen molar-refractivity contribution in [3.8, 4) is 17.2 Å². The van der Waals surface area contributed by atoms with Crippen molar-refractivity contribution in [2.24, 2.45) is 5.92 Å². The molecular formula is C33H29F11O5. The molecular weight excluding hydrogens is 685 g/mol. The van der Waals surface area contributed by atoms with Crippen molar-refractivity contribution in [2.45, 2.75) is 64.0 Å². The van der Waals surface area contributed by atoms with Crippen LogP contribution in [0.3, 0.4) is 0 Å². The second kappa shape index (κ2) is 16.1. The second-order valence-electron chi connectivity index (χ2n) is 11.1. The summed E-state index contributed by atoms with van der Waals surface area (Å²) in [6.45, 7) is 3.11.